The number of nitrogens with two attached hydrogens (primary N) is 1. The summed E-state index contributed by atoms with van der Waals surface area (Å²) in [6.45, 7) is 5.08. The lowest BCUT2D eigenvalue weighted by molar-refractivity contribution is 0.163. The molecular formula is C15H26N2O. The number of hydrogen-bond donors (Lipinski definition) is 1. The number of nitrogens with zero attached hydrogens (tertiary/aromatic N) is 1. The largest absolute Gasteiger partial charge is 0.464 e. The van der Waals surface area contributed by atoms with Crippen LogP contribution in [-0.2, 0) is 6.42 Å². The van der Waals surface area contributed by atoms with Crippen LogP contribution in [0.1, 0.15) is 56.6 Å². The summed E-state index contributed by atoms with van der Waals surface area (Å²) in [4.78, 5) is 2.51. The molecule has 1 aliphatic heterocycles. The maximum absolute atomic E-state index is 5.97. The van der Waals surface area contributed by atoms with Gasteiger partial charge in [-0.2, -0.15) is 0 Å². The SMILES string of the molecule is CCc1ccc(C(CN)N2CCCCCCC2)o1. The van der Waals surface area contributed by atoms with E-state index in [1.54, 1.807) is 0 Å². The first-order valence-electron chi connectivity index (χ1n) is 7.38. The first-order valence-corrected chi connectivity index (χ1v) is 7.38. The zero-order chi connectivity index (χ0) is 12.8. The summed E-state index contributed by atoms with van der Waals surface area (Å²) in [6.07, 6.45) is 7.63. The third kappa shape index (κ3) is 3.36. The first kappa shape index (κ1) is 13.6. The summed E-state index contributed by atoms with van der Waals surface area (Å²) >= 11 is 0. The van der Waals surface area contributed by atoms with E-state index in [1.165, 1.54) is 32.1 Å². The fraction of sp³-hybridized carbons (Fsp3) is 0.733. The summed E-state index contributed by atoms with van der Waals surface area (Å²) in [5.74, 6) is 2.12. The molecule has 0 amide bonds. The molecule has 3 heteroatoms. The van der Waals surface area contributed by atoms with Gasteiger partial charge in [0.25, 0.3) is 0 Å². The van der Waals surface area contributed by atoms with Crippen molar-refractivity contribution in [1.29, 1.82) is 0 Å². The van der Waals surface area contributed by atoms with Crippen LogP contribution in [0.25, 0.3) is 0 Å². The number of furan rings is 1. The van der Waals surface area contributed by atoms with E-state index in [0.29, 0.717) is 6.54 Å². The van der Waals surface area contributed by atoms with E-state index >= 15 is 0 Å². The molecular weight excluding hydrogens is 224 g/mol. The molecule has 3 nitrogen and oxygen atoms in total. The minimum absolute atomic E-state index is 0.267. The first-order chi connectivity index (χ1) is 8.85. The van der Waals surface area contributed by atoms with Crippen LogP contribution in [-0.4, -0.2) is 24.5 Å². The van der Waals surface area contributed by atoms with Crippen molar-refractivity contribution in [3.8, 4) is 0 Å². The van der Waals surface area contributed by atoms with Gasteiger partial charge in [0.05, 0.1) is 6.04 Å². The van der Waals surface area contributed by atoms with Gasteiger partial charge in [0.15, 0.2) is 0 Å². The van der Waals surface area contributed by atoms with E-state index in [0.717, 1.165) is 31.0 Å². The van der Waals surface area contributed by atoms with Crippen LogP contribution in [0, 0.1) is 0 Å². The zero-order valence-corrected chi connectivity index (χ0v) is 11.5. The lowest BCUT2D eigenvalue weighted by Crippen LogP contribution is -2.35. The summed E-state index contributed by atoms with van der Waals surface area (Å²) in [6, 6.07) is 4.46. The average Bonchev–Trinajstić information content (AvgIpc) is 2.81. The van der Waals surface area contributed by atoms with E-state index in [9.17, 15) is 0 Å². The van der Waals surface area contributed by atoms with Gasteiger partial charge in [-0.05, 0) is 38.1 Å². The van der Waals surface area contributed by atoms with Crippen molar-refractivity contribution in [3.05, 3.63) is 23.7 Å². The van der Waals surface area contributed by atoms with Crippen LogP contribution in [0.4, 0.5) is 0 Å². The highest BCUT2D eigenvalue weighted by Crippen LogP contribution is 2.25. The third-order valence-electron chi connectivity index (χ3n) is 3.91. The van der Waals surface area contributed by atoms with E-state index < -0.39 is 0 Å². The predicted molar refractivity (Wildman–Crippen MR) is 74.5 cm³/mol. The van der Waals surface area contributed by atoms with Crippen molar-refractivity contribution in [2.75, 3.05) is 19.6 Å². The van der Waals surface area contributed by atoms with Gasteiger partial charge >= 0.3 is 0 Å². The second kappa shape index (κ2) is 6.95. The summed E-state index contributed by atoms with van der Waals surface area (Å²) in [5.41, 5.74) is 5.97. The second-order valence-corrected chi connectivity index (χ2v) is 5.21. The van der Waals surface area contributed by atoms with Gasteiger partial charge < -0.3 is 10.2 Å². The molecule has 0 aromatic carbocycles. The minimum atomic E-state index is 0.267. The van der Waals surface area contributed by atoms with Gasteiger partial charge in [-0.1, -0.05) is 26.2 Å². The Bertz CT molecular complexity index is 340. The Kier molecular flexibility index (Phi) is 5.26. The monoisotopic (exact) mass is 250 g/mol. The van der Waals surface area contributed by atoms with Crippen LogP contribution in [0.2, 0.25) is 0 Å². The van der Waals surface area contributed by atoms with Crippen LogP contribution < -0.4 is 5.73 Å². The van der Waals surface area contributed by atoms with Gasteiger partial charge in [-0.15, -0.1) is 0 Å². The smallest absolute Gasteiger partial charge is 0.122 e. The Morgan fingerprint density at radius 2 is 1.83 bits per heavy atom. The highest BCUT2D eigenvalue weighted by atomic mass is 16.3. The molecule has 18 heavy (non-hydrogen) atoms. The number of likely N-dealkylation sites (tertiary alicyclic amines) is 1. The van der Waals surface area contributed by atoms with Crippen LogP contribution in [0.15, 0.2) is 16.5 Å². The number of aryl methyl sites for hydroxylation is 1. The predicted octanol–water partition coefficient (Wildman–Crippen LogP) is 3.11. The van der Waals surface area contributed by atoms with Crippen LogP contribution in [0.3, 0.4) is 0 Å². The molecule has 1 aliphatic rings. The lowest BCUT2D eigenvalue weighted by Gasteiger charge is -2.31. The van der Waals surface area contributed by atoms with E-state index in [4.69, 9.17) is 10.2 Å². The molecule has 1 aromatic heterocycles. The fourth-order valence-electron chi connectivity index (χ4n) is 2.79. The summed E-state index contributed by atoms with van der Waals surface area (Å²) < 4.78 is 5.89. The number of rotatable bonds is 4. The summed E-state index contributed by atoms with van der Waals surface area (Å²) in [7, 11) is 0. The minimum Gasteiger partial charge on any atom is -0.464 e. The van der Waals surface area contributed by atoms with Crippen LogP contribution in [0.5, 0.6) is 0 Å². The van der Waals surface area contributed by atoms with Gasteiger partial charge in [0, 0.05) is 13.0 Å². The molecule has 2 rings (SSSR count). The molecule has 2 heterocycles. The standard InChI is InChI=1S/C15H26N2O/c1-2-13-8-9-15(18-13)14(12-16)17-10-6-4-3-5-7-11-17/h8-9,14H,2-7,10-12,16H2,1H3. The van der Waals surface area contributed by atoms with Gasteiger partial charge in [0.1, 0.15) is 11.5 Å². The zero-order valence-electron chi connectivity index (χ0n) is 11.5. The van der Waals surface area contributed by atoms with Crippen molar-refractivity contribution in [1.82, 2.24) is 4.90 Å². The molecule has 1 fully saturated rings. The van der Waals surface area contributed by atoms with E-state index in [1.807, 2.05) is 0 Å². The molecule has 1 saturated heterocycles. The molecule has 1 unspecified atom stereocenters. The second-order valence-electron chi connectivity index (χ2n) is 5.21. The van der Waals surface area contributed by atoms with Crippen LogP contribution >= 0.6 is 0 Å². The molecule has 0 aliphatic carbocycles. The highest BCUT2D eigenvalue weighted by molar-refractivity contribution is 5.11. The normalized spacial score (nSPS) is 20.3. The third-order valence-corrected chi connectivity index (χ3v) is 3.91. The van der Waals surface area contributed by atoms with Crippen molar-refractivity contribution in [2.45, 2.75) is 51.5 Å². The maximum Gasteiger partial charge on any atom is 0.122 e. The summed E-state index contributed by atoms with van der Waals surface area (Å²) in [5, 5.41) is 0. The Morgan fingerprint density at radius 1 is 1.17 bits per heavy atom. The highest BCUT2D eigenvalue weighted by Gasteiger charge is 2.22. The molecule has 0 spiro atoms. The van der Waals surface area contributed by atoms with Gasteiger partial charge in [0.2, 0.25) is 0 Å². The Labute approximate surface area is 110 Å². The quantitative estimate of drug-likeness (QED) is 0.893. The molecule has 1 aromatic rings. The topological polar surface area (TPSA) is 42.4 Å². The molecule has 0 saturated carbocycles. The average molecular weight is 250 g/mol. The molecule has 2 N–H and O–H groups in total. The Hall–Kier alpha value is -0.800. The number of hydrogen-bond acceptors (Lipinski definition) is 3. The molecule has 102 valence electrons. The molecule has 0 bridgehead atoms. The maximum atomic E-state index is 5.97. The Morgan fingerprint density at radius 3 is 2.39 bits per heavy atom. The molecule has 1 atom stereocenters. The fourth-order valence-corrected chi connectivity index (χ4v) is 2.79. The molecule has 0 radical (unpaired) electrons. The van der Waals surface area contributed by atoms with Crippen molar-refractivity contribution < 1.29 is 4.42 Å². The van der Waals surface area contributed by atoms with E-state index in [2.05, 4.69) is 24.0 Å². The lowest BCUT2D eigenvalue weighted by atomic mass is 10.1. The van der Waals surface area contributed by atoms with Crippen molar-refractivity contribution in [3.63, 3.8) is 0 Å². The van der Waals surface area contributed by atoms with Crippen molar-refractivity contribution >= 4 is 0 Å². The van der Waals surface area contributed by atoms with Gasteiger partial charge in [-0.25, -0.2) is 0 Å². The van der Waals surface area contributed by atoms with E-state index in [-0.39, 0.29) is 6.04 Å². The Balaban J connectivity index is 2.05. The van der Waals surface area contributed by atoms with Gasteiger partial charge in [-0.3, -0.25) is 4.90 Å². The van der Waals surface area contributed by atoms with Crippen molar-refractivity contribution in [2.24, 2.45) is 5.73 Å².